The second-order valence-electron chi connectivity index (χ2n) is 6.77. The van der Waals surface area contributed by atoms with Crippen molar-refractivity contribution in [2.45, 2.75) is 52.0 Å². The molecular formula is C18H23N7O. The molecule has 0 bridgehead atoms. The third kappa shape index (κ3) is 3.58. The molecule has 0 saturated heterocycles. The molecular weight excluding hydrogens is 330 g/mol. The first kappa shape index (κ1) is 16.7. The molecule has 2 atom stereocenters. The van der Waals surface area contributed by atoms with Gasteiger partial charge < -0.3 is 9.73 Å². The highest BCUT2D eigenvalue weighted by atomic mass is 16.4. The number of imidazole rings is 1. The summed E-state index contributed by atoms with van der Waals surface area (Å²) < 4.78 is 7.57. The lowest BCUT2D eigenvalue weighted by atomic mass is 10.0. The molecule has 0 amide bonds. The topological polar surface area (TPSA) is 94.6 Å². The third-order valence-electron chi connectivity index (χ3n) is 4.86. The van der Waals surface area contributed by atoms with Crippen molar-refractivity contribution in [3.8, 4) is 5.82 Å². The maximum absolute atomic E-state index is 5.64. The van der Waals surface area contributed by atoms with Crippen molar-refractivity contribution in [2.75, 3.05) is 5.32 Å². The van der Waals surface area contributed by atoms with Crippen LogP contribution in [0.4, 0.5) is 5.82 Å². The lowest BCUT2D eigenvalue weighted by Gasteiger charge is -2.14. The molecule has 136 valence electrons. The fraction of sp³-hybridized carbons (Fsp3) is 0.500. The number of nitrogens with zero attached hydrogens (tertiary/aromatic N) is 6. The summed E-state index contributed by atoms with van der Waals surface area (Å²) in [5, 5.41) is 11.7. The number of aryl methyl sites for hydroxylation is 2. The molecule has 1 fully saturated rings. The molecule has 0 radical (unpaired) electrons. The van der Waals surface area contributed by atoms with Crippen molar-refractivity contribution in [1.29, 1.82) is 0 Å². The van der Waals surface area contributed by atoms with Crippen molar-refractivity contribution in [1.82, 2.24) is 29.7 Å². The van der Waals surface area contributed by atoms with Gasteiger partial charge in [0.15, 0.2) is 5.82 Å². The molecule has 26 heavy (non-hydrogen) atoms. The number of aromatic nitrogens is 6. The van der Waals surface area contributed by atoms with Crippen LogP contribution in [-0.2, 0) is 12.8 Å². The van der Waals surface area contributed by atoms with Crippen LogP contribution in [0.15, 0.2) is 29.2 Å². The predicted octanol–water partition coefficient (Wildman–Crippen LogP) is 2.74. The van der Waals surface area contributed by atoms with Crippen LogP contribution < -0.4 is 5.32 Å². The van der Waals surface area contributed by atoms with Crippen LogP contribution in [0.1, 0.15) is 43.8 Å². The molecule has 1 aliphatic rings. The molecule has 3 aromatic rings. The van der Waals surface area contributed by atoms with Gasteiger partial charge in [0, 0.05) is 31.3 Å². The Hall–Kier alpha value is -2.77. The van der Waals surface area contributed by atoms with Crippen molar-refractivity contribution >= 4 is 5.82 Å². The zero-order valence-electron chi connectivity index (χ0n) is 15.1. The van der Waals surface area contributed by atoms with E-state index in [9.17, 15) is 0 Å². The molecule has 1 saturated carbocycles. The van der Waals surface area contributed by atoms with E-state index in [1.54, 1.807) is 18.6 Å². The summed E-state index contributed by atoms with van der Waals surface area (Å²) in [4.78, 5) is 13.2. The minimum absolute atomic E-state index is 0.391. The van der Waals surface area contributed by atoms with E-state index in [-0.39, 0.29) is 0 Å². The van der Waals surface area contributed by atoms with Crippen molar-refractivity contribution in [2.24, 2.45) is 5.92 Å². The van der Waals surface area contributed by atoms with Crippen molar-refractivity contribution in [3.05, 3.63) is 42.4 Å². The summed E-state index contributed by atoms with van der Waals surface area (Å²) in [6.07, 6.45) is 12.1. The van der Waals surface area contributed by atoms with Crippen LogP contribution in [0.5, 0.6) is 0 Å². The Bertz CT molecular complexity index is 872. The van der Waals surface area contributed by atoms with Crippen molar-refractivity contribution < 1.29 is 4.42 Å². The minimum Gasteiger partial charge on any atom is -0.425 e. The van der Waals surface area contributed by atoms with E-state index in [1.807, 2.05) is 24.6 Å². The third-order valence-corrected chi connectivity index (χ3v) is 4.86. The Labute approximate surface area is 152 Å². The Morgan fingerprint density at radius 2 is 2.12 bits per heavy atom. The van der Waals surface area contributed by atoms with Gasteiger partial charge in [-0.3, -0.25) is 9.55 Å². The van der Waals surface area contributed by atoms with Gasteiger partial charge in [-0.05, 0) is 32.1 Å². The average Bonchev–Trinajstić information content (AvgIpc) is 3.37. The number of anilines is 1. The molecule has 3 heterocycles. The number of nitrogens with one attached hydrogen (secondary N) is 1. The van der Waals surface area contributed by atoms with Gasteiger partial charge in [-0.15, -0.1) is 10.2 Å². The highest BCUT2D eigenvalue weighted by Crippen LogP contribution is 2.30. The first-order valence-corrected chi connectivity index (χ1v) is 9.11. The average molecular weight is 353 g/mol. The molecule has 0 unspecified atom stereocenters. The van der Waals surface area contributed by atoms with Gasteiger partial charge in [0.05, 0.1) is 12.4 Å². The van der Waals surface area contributed by atoms with E-state index >= 15 is 0 Å². The van der Waals surface area contributed by atoms with E-state index in [1.165, 1.54) is 0 Å². The fourth-order valence-corrected chi connectivity index (χ4v) is 3.52. The Balaban J connectivity index is 1.37. The first-order valence-electron chi connectivity index (χ1n) is 9.11. The molecule has 4 rings (SSSR count). The Kier molecular flexibility index (Phi) is 4.64. The normalized spacial score (nSPS) is 19.8. The Morgan fingerprint density at radius 1 is 1.23 bits per heavy atom. The smallest absolute Gasteiger partial charge is 0.216 e. The summed E-state index contributed by atoms with van der Waals surface area (Å²) in [5.41, 5.74) is 0. The monoisotopic (exact) mass is 353 g/mol. The van der Waals surface area contributed by atoms with Gasteiger partial charge in [0.2, 0.25) is 11.8 Å². The summed E-state index contributed by atoms with van der Waals surface area (Å²) in [6, 6.07) is 0.391. The zero-order valence-corrected chi connectivity index (χ0v) is 15.1. The number of hydrogen-bond donors (Lipinski definition) is 1. The van der Waals surface area contributed by atoms with Gasteiger partial charge in [-0.2, -0.15) is 0 Å². The predicted molar refractivity (Wildman–Crippen MR) is 96.0 cm³/mol. The van der Waals surface area contributed by atoms with E-state index in [0.29, 0.717) is 12.0 Å². The lowest BCUT2D eigenvalue weighted by Crippen LogP contribution is -2.17. The van der Waals surface area contributed by atoms with E-state index in [4.69, 9.17) is 4.42 Å². The molecule has 8 heteroatoms. The number of rotatable bonds is 6. The summed E-state index contributed by atoms with van der Waals surface area (Å²) in [5.74, 6) is 4.50. The van der Waals surface area contributed by atoms with Gasteiger partial charge in [-0.1, -0.05) is 6.92 Å². The summed E-state index contributed by atoms with van der Waals surface area (Å²) in [7, 11) is 0. The quantitative estimate of drug-likeness (QED) is 0.728. The summed E-state index contributed by atoms with van der Waals surface area (Å²) in [6.45, 7) is 3.97. The van der Waals surface area contributed by atoms with Crippen LogP contribution >= 0.6 is 0 Å². The van der Waals surface area contributed by atoms with Gasteiger partial charge in [0.1, 0.15) is 11.6 Å². The van der Waals surface area contributed by atoms with Gasteiger partial charge >= 0.3 is 0 Å². The van der Waals surface area contributed by atoms with E-state index in [0.717, 1.165) is 61.3 Å². The van der Waals surface area contributed by atoms with Crippen LogP contribution in [0.25, 0.3) is 5.82 Å². The highest BCUT2D eigenvalue weighted by Gasteiger charge is 2.26. The van der Waals surface area contributed by atoms with Gasteiger partial charge in [0.25, 0.3) is 0 Å². The van der Waals surface area contributed by atoms with Crippen LogP contribution in [0, 0.1) is 12.8 Å². The van der Waals surface area contributed by atoms with Crippen LogP contribution in [0.2, 0.25) is 0 Å². The molecule has 3 aromatic heterocycles. The molecule has 0 spiro atoms. The maximum Gasteiger partial charge on any atom is 0.216 e. The lowest BCUT2D eigenvalue weighted by molar-refractivity contribution is 0.409. The molecule has 1 aliphatic carbocycles. The standard InChI is InChI=1S/C18H23N7O/c1-3-17-23-24-18(26-17)9-13-4-5-14(8-13)21-15-10-19-11-16(22-15)25-7-6-20-12(25)2/h6-7,10-11,13-14H,3-5,8-9H2,1-2H3,(H,21,22)/t13-,14+/m1/s1. The largest absolute Gasteiger partial charge is 0.425 e. The second-order valence-corrected chi connectivity index (χ2v) is 6.77. The molecule has 8 nitrogen and oxygen atoms in total. The number of hydrogen-bond acceptors (Lipinski definition) is 7. The van der Waals surface area contributed by atoms with Crippen molar-refractivity contribution in [3.63, 3.8) is 0 Å². The van der Waals surface area contributed by atoms with Crippen LogP contribution in [-0.4, -0.2) is 35.8 Å². The fourth-order valence-electron chi connectivity index (χ4n) is 3.52. The highest BCUT2D eigenvalue weighted by molar-refractivity contribution is 5.37. The van der Waals surface area contributed by atoms with E-state index in [2.05, 4.69) is 30.5 Å². The molecule has 0 aromatic carbocycles. The molecule has 1 N–H and O–H groups in total. The second kappa shape index (κ2) is 7.23. The first-order chi connectivity index (χ1) is 12.7. The minimum atomic E-state index is 0.391. The molecule has 0 aliphatic heterocycles. The zero-order chi connectivity index (χ0) is 17.9. The van der Waals surface area contributed by atoms with Crippen LogP contribution in [0.3, 0.4) is 0 Å². The maximum atomic E-state index is 5.64. The Morgan fingerprint density at radius 3 is 2.88 bits per heavy atom. The van der Waals surface area contributed by atoms with E-state index < -0.39 is 0 Å². The van der Waals surface area contributed by atoms with Gasteiger partial charge in [-0.25, -0.2) is 9.97 Å². The SMILES string of the molecule is CCc1nnc(C[C@@H]2CC[C@H](Nc3cncc(-n4ccnc4C)n3)C2)o1. The summed E-state index contributed by atoms with van der Waals surface area (Å²) >= 11 is 0.